The topological polar surface area (TPSA) is 42.2 Å². The fraction of sp³-hybridized carbons (Fsp3) is 0.500. The molecule has 0 spiro atoms. The molecule has 0 saturated heterocycles. The number of unbranched alkanes of at least 4 members (excludes halogenated alkanes) is 11. The second-order valence-electron chi connectivity index (χ2n) is 10.1. The van der Waals surface area contributed by atoms with Gasteiger partial charge in [0.25, 0.3) is 5.91 Å². The zero-order valence-corrected chi connectivity index (χ0v) is 24.0. The Balaban J connectivity index is 1.40. The number of thiazole rings is 1. The molecule has 6 heteroatoms. The first kappa shape index (κ1) is 29.8. The van der Waals surface area contributed by atoms with Crippen molar-refractivity contribution in [2.24, 2.45) is 0 Å². The number of rotatable bonds is 18. The molecule has 0 unspecified atom stereocenters. The molecule has 206 valence electrons. The zero-order chi connectivity index (χ0) is 27.0. The standard InChI is InChI=1S/C32H43FN2O2S/c1-3-4-5-6-7-8-9-10-11-12-13-14-21-37-31-29(33)19-16-20-30(31)34-32(36)28-18-15-17-27(22-28)24-35-23-26(2)38-25-35/h15-20,22-23,25H,3-14,21,24H2,1-2H3/p+1. The Bertz CT molecular complexity index is 1110. The number of carbonyl (C=O) groups is 1. The van der Waals surface area contributed by atoms with Crippen LogP contribution >= 0.6 is 11.3 Å². The molecule has 1 aromatic heterocycles. The predicted molar refractivity (Wildman–Crippen MR) is 156 cm³/mol. The van der Waals surface area contributed by atoms with Gasteiger partial charge in [-0.1, -0.05) is 107 Å². The summed E-state index contributed by atoms with van der Waals surface area (Å²) < 4.78 is 22.5. The van der Waals surface area contributed by atoms with E-state index in [0.717, 1.165) is 18.4 Å². The molecule has 0 aliphatic carbocycles. The van der Waals surface area contributed by atoms with Crippen LogP contribution in [0, 0.1) is 12.7 Å². The maximum atomic E-state index is 14.6. The molecule has 1 N–H and O–H groups in total. The van der Waals surface area contributed by atoms with E-state index in [2.05, 4.69) is 35.4 Å². The van der Waals surface area contributed by atoms with Crippen molar-refractivity contribution in [1.29, 1.82) is 0 Å². The highest BCUT2D eigenvalue weighted by Gasteiger charge is 2.15. The third-order valence-electron chi connectivity index (χ3n) is 6.74. The number of halogens is 1. The van der Waals surface area contributed by atoms with Crippen molar-refractivity contribution in [1.82, 2.24) is 0 Å². The van der Waals surface area contributed by atoms with Gasteiger partial charge < -0.3 is 10.1 Å². The lowest BCUT2D eigenvalue weighted by Gasteiger charge is -2.13. The highest BCUT2D eigenvalue weighted by Crippen LogP contribution is 2.28. The molecule has 38 heavy (non-hydrogen) atoms. The van der Waals surface area contributed by atoms with Crippen molar-refractivity contribution < 1.29 is 18.5 Å². The van der Waals surface area contributed by atoms with E-state index in [1.165, 1.54) is 75.2 Å². The van der Waals surface area contributed by atoms with Gasteiger partial charge in [-0.25, -0.2) is 4.39 Å². The van der Waals surface area contributed by atoms with Crippen molar-refractivity contribution >= 4 is 22.9 Å². The van der Waals surface area contributed by atoms with E-state index in [-0.39, 0.29) is 11.7 Å². The highest BCUT2D eigenvalue weighted by atomic mass is 32.1. The third kappa shape index (κ3) is 10.6. The van der Waals surface area contributed by atoms with Crippen LogP contribution in [0.3, 0.4) is 0 Å². The summed E-state index contributed by atoms with van der Waals surface area (Å²) in [6.07, 6.45) is 17.2. The third-order valence-corrected chi connectivity index (χ3v) is 7.59. The smallest absolute Gasteiger partial charge is 0.255 e. The average Bonchev–Trinajstić information content (AvgIpc) is 3.32. The van der Waals surface area contributed by atoms with Crippen LogP contribution in [0.2, 0.25) is 0 Å². The van der Waals surface area contributed by atoms with Crippen molar-refractivity contribution in [3.05, 3.63) is 76.0 Å². The number of nitrogens with zero attached hydrogens (tertiary/aromatic N) is 1. The van der Waals surface area contributed by atoms with Gasteiger partial charge in [-0.2, -0.15) is 4.57 Å². The van der Waals surface area contributed by atoms with Crippen LogP contribution in [0.15, 0.2) is 54.2 Å². The van der Waals surface area contributed by atoms with Crippen molar-refractivity contribution in [3.8, 4) is 5.75 Å². The molecule has 2 aromatic carbocycles. The Kier molecular flexibility index (Phi) is 13.3. The summed E-state index contributed by atoms with van der Waals surface area (Å²) in [5.74, 6) is -0.622. The molecule has 0 fully saturated rings. The van der Waals surface area contributed by atoms with Crippen LogP contribution in [0.1, 0.15) is 105 Å². The second-order valence-corrected chi connectivity index (χ2v) is 11.2. The van der Waals surface area contributed by atoms with Crippen LogP contribution in [-0.4, -0.2) is 12.5 Å². The molecule has 0 aliphatic heterocycles. The number of aryl methyl sites for hydroxylation is 1. The Morgan fingerprint density at radius 1 is 0.921 bits per heavy atom. The minimum absolute atomic E-state index is 0.115. The van der Waals surface area contributed by atoms with Gasteiger partial charge in [0.1, 0.15) is 0 Å². The summed E-state index contributed by atoms with van der Waals surface area (Å²) in [4.78, 5) is 14.2. The Morgan fingerprint density at radius 3 is 2.24 bits per heavy atom. The minimum Gasteiger partial charge on any atom is -0.488 e. The molecule has 0 bridgehead atoms. The number of hydrogen-bond donors (Lipinski definition) is 1. The summed E-state index contributed by atoms with van der Waals surface area (Å²) in [6, 6.07) is 12.2. The number of para-hydroxylation sites is 1. The molecular weight excluding hydrogens is 495 g/mol. The summed E-state index contributed by atoms with van der Waals surface area (Å²) in [7, 11) is 0. The Labute approximate surface area is 232 Å². The van der Waals surface area contributed by atoms with E-state index in [1.807, 2.05) is 18.2 Å². The molecule has 0 saturated carbocycles. The largest absolute Gasteiger partial charge is 0.488 e. The van der Waals surface area contributed by atoms with Crippen LogP contribution < -0.4 is 14.6 Å². The molecule has 1 amide bonds. The molecule has 0 aliphatic rings. The first-order valence-electron chi connectivity index (χ1n) is 14.3. The van der Waals surface area contributed by atoms with Gasteiger partial charge in [0, 0.05) is 11.1 Å². The zero-order valence-electron chi connectivity index (χ0n) is 23.1. The molecule has 1 heterocycles. The highest BCUT2D eigenvalue weighted by molar-refractivity contribution is 7.09. The number of benzene rings is 2. The number of ether oxygens (including phenoxy) is 1. The van der Waals surface area contributed by atoms with E-state index < -0.39 is 5.82 Å². The maximum absolute atomic E-state index is 14.6. The van der Waals surface area contributed by atoms with Crippen LogP contribution in [0.4, 0.5) is 10.1 Å². The van der Waals surface area contributed by atoms with E-state index in [1.54, 1.807) is 29.5 Å². The van der Waals surface area contributed by atoms with E-state index in [0.29, 0.717) is 24.4 Å². The molecule has 0 atom stereocenters. The lowest BCUT2D eigenvalue weighted by Crippen LogP contribution is -2.30. The van der Waals surface area contributed by atoms with E-state index in [4.69, 9.17) is 4.74 Å². The summed E-state index contributed by atoms with van der Waals surface area (Å²) in [6.45, 7) is 5.46. The Morgan fingerprint density at radius 2 is 1.58 bits per heavy atom. The first-order valence-corrected chi connectivity index (χ1v) is 15.2. The average molecular weight is 540 g/mol. The maximum Gasteiger partial charge on any atom is 0.255 e. The number of aromatic nitrogens is 1. The fourth-order valence-corrected chi connectivity index (χ4v) is 5.25. The number of carbonyl (C=O) groups excluding carboxylic acids is 1. The predicted octanol–water partition coefficient (Wildman–Crippen LogP) is 8.86. The summed E-state index contributed by atoms with van der Waals surface area (Å²) in [5.41, 5.74) is 3.99. The summed E-state index contributed by atoms with van der Waals surface area (Å²) in [5, 5.41) is 2.85. The van der Waals surface area contributed by atoms with Crippen molar-refractivity contribution in [2.45, 2.75) is 97.4 Å². The second kappa shape index (κ2) is 17.0. The first-order chi connectivity index (χ1) is 18.6. The van der Waals surface area contributed by atoms with Crippen molar-refractivity contribution in [2.75, 3.05) is 11.9 Å². The lowest BCUT2D eigenvalue weighted by atomic mass is 10.1. The lowest BCUT2D eigenvalue weighted by molar-refractivity contribution is -0.683. The molecule has 0 radical (unpaired) electrons. The normalized spacial score (nSPS) is 11.0. The van der Waals surface area contributed by atoms with Gasteiger partial charge in [-0.3, -0.25) is 4.79 Å². The van der Waals surface area contributed by atoms with Crippen LogP contribution in [0.25, 0.3) is 0 Å². The number of anilines is 1. The van der Waals surface area contributed by atoms with Gasteiger partial charge in [0.15, 0.2) is 24.3 Å². The van der Waals surface area contributed by atoms with E-state index >= 15 is 0 Å². The number of hydrogen-bond acceptors (Lipinski definition) is 3. The van der Waals surface area contributed by atoms with Gasteiger partial charge >= 0.3 is 0 Å². The van der Waals surface area contributed by atoms with Gasteiger partial charge in [0.05, 0.1) is 17.2 Å². The summed E-state index contributed by atoms with van der Waals surface area (Å²) >= 11 is 1.69. The molecule has 4 nitrogen and oxygen atoms in total. The SMILES string of the molecule is CCCCCCCCCCCCCCOc1c(F)cccc1NC(=O)c1cccc(C[n+]2csc(C)c2)c1. The van der Waals surface area contributed by atoms with Crippen LogP contribution in [0.5, 0.6) is 5.75 Å². The Hall–Kier alpha value is -2.73. The van der Waals surface area contributed by atoms with E-state index in [9.17, 15) is 9.18 Å². The van der Waals surface area contributed by atoms with Gasteiger partial charge in [-0.15, -0.1) is 0 Å². The minimum atomic E-state index is -0.459. The van der Waals surface area contributed by atoms with Crippen molar-refractivity contribution in [3.63, 3.8) is 0 Å². The molecule has 3 aromatic rings. The number of amides is 1. The fourth-order valence-electron chi connectivity index (χ4n) is 4.62. The molecular formula is C32H44FN2O2S+. The van der Waals surface area contributed by atoms with Crippen LogP contribution in [-0.2, 0) is 6.54 Å². The number of nitrogens with one attached hydrogen (secondary N) is 1. The quantitative estimate of drug-likeness (QED) is 0.130. The monoisotopic (exact) mass is 539 g/mol. The van der Waals surface area contributed by atoms with Gasteiger partial charge in [0.2, 0.25) is 5.51 Å². The van der Waals surface area contributed by atoms with Gasteiger partial charge in [-0.05, 0) is 37.6 Å². The molecule has 3 rings (SSSR count).